The van der Waals surface area contributed by atoms with Crippen LogP contribution in [0.4, 0.5) is 0 Å². The van der Waals surface area contributed by atoms with Crippen LogP contribution in [-0.2, 0) is 4.74 Å². The first-order valence-corrected chi connectivity index (χ1v) is 8.92. The fraction of sp³-hybridized carbons (Fsp3) is 1.00. The van der Waals surface area contributed by atoms with Gasteiger partial charge in [-0.2, -0.15) is 0 Å². The van der Waals surface area contributed by atoms with Crippen molar-refractivity contribution in [2.75, 3.05) is 32.8 Å². The summed E-state index contributed by atoms with van der Waals surface area (Å²) >= 11 is 0. The quantitative estimate of drug-likeness (QED) is 0.758. The molecule has 0 aromatic heterocycles. The van der Waals surface area contributed by atoms with Crippen LogP contribution >= 0.6 is 0 Å². The molecule has 1 saturated heterocycles. The summed E-state index contributed by atoms with van der Waals surface area (Å²) in [5.74, 6) is 0.825. The average molecular weight is 282 g/mol. The number of hydrogen-bond acceptors (Lipinski definition) is 3. The van der Waals surface area contributed by atoms with Gasteiger partial charge in [-0.3, -0.25) is 4.90 Å². The molecule has 3 heteroatoms. The van der Waals surface area contributed by atoms with Crippen molar-refractivity contribution in [3.63, 3.8) is 0 Å². The number of ether oxygens (including phenoxy) is 1. The summed E-state index contributed by atoms with van der Waals surface area (Å²) in [6, 6.07) is 0.572. The lowest BCUT2D eigenvalue weighted by molar-refractivity contribution is -0.0563. The molecule has 0 aromatic carbocycles. The van der Waals surface area contributed by atoms with Crippen LogP contribution in [0.1, 0.15) is 58.8 Å². The molecule has 2 fully saturated rings. The summed E-state index contributed by atoms with van der Waals surface area (Å²) in [6.45, 7) is 9.96. The lowest BCUT2D eigenvalue weighted by Gasteiger charge is -2.40. The van der Waals surface area contributed by atoms with Gasteiger partial charge in [0.15, 0.2) is 0 Å². The van der Waals surface area contributed by atoms with E-state index in [1.165, 1.54) is 44.9 Å². The van der Waals surface area contributed by atoms with E-state index in [1.807, 2.05) is 0 Å². The van der Waals surface area contributed by atoms with E-state index < -0.39 is 0 Å². The molecule has 1 heterocycles. The largest absolute Gasteiger partial charge is 0.374 e. The molecule has 1 saturated carbocycles. The fourth-order valence-corrected chi connectivity index (χ4v) is 3.82. The molecule has 0 radical (unpaired) electrons. The van der Waals surface area contributed by atoms with Gasteiger partial charge in [0.2, 0.25) is 0 Å². The molecule has 2 atom stereocenters. The Kier molecular flexibility index (Phi) is 7.32. The molecule has 1 aliphatic heterocycles. The highest BCUT2D eigenvalue weighted by atomic mass is 16.5. The van der Waals surface area contributed by atoms with E-state index in [1.54, 1.807) is 0 Å². The maximum atomic E-state index is 6.16. The zero-order valence-electron chi connectivity index (χ0n) is 13.6. The van der Waals surface area contributed by atoms with Crippen LogP contribution < -0.4 is 5.32 Å². The normalized spacial score (nSPS) is 28.2. The number of rotatable bonds is 6. The second-order valence-electron chi connectivity index (χ2n) is 6.53. The Hall–Kier alpha value is -0.120. The van der Waals surface area contributed by atoms with Crippen molar-refractivity contribution >= 4 is 0 Å². The first kappa shape index (κ1) is 16.3. The van der Waals surface area contributed by atoms with Gasteiger partial charge in [-0.1, -0.05) is 39.5 Å². The Labute approximate surface area is 125 Å². The van der Waals surface area contributed by atoms with Gasteiger partial charge in [0.1, 0.15) is 0 Å². The summed E-state index contributed by atoms with van der Waals surface area (Å²) in [6.07, 6.45) is 10.1. The zero-order chi connectivity index (χ0) is 14.2. The monoisotopic (exact) mass is 282 g/mol. The SMILES string of the molecule is CCCNC(C1CCCCCC1)C1CN(CC)CCO1. The summed E-state index contributed by atoms with van der Waals surface area (Å²) < 4.78 is 6.16. The second-order valence-corrected chi connectivity index (χ2v) is 6.53. The molecule has 1 aliphatic carbocycles. The van der Waals surface area contributed by atoms with Crippen LogP contribution in [-0.4, -0.2) is 49.8 Å². The third-order valence-electron chi connectivity index (χ3n) is 5.06. The van der Waals surface area contributed by atoms with Crippen molar-refractivity contribution in [2.45, 2.75) is 70.9 Å². The Bertz CT molecular complexity index is 251. The Morgan fingerprint density at radius 3 is 2.55 bits per heavy atom. The average Bonchev–Trinajstić information content (AvgIpc) is 2.77. The molecule has 2 unspecified atom stereocenters. The van der Waals surface area contributed by atoms with Crippen molar-refractivity contribution in [3.05, 3.63) is 0 Å². The van der Waals surface area contributed by atoms with Crippen LogP contribution in [0.2, 0.25) is 0 Å². The topological polar surface area (TPSA) is 24.5 Å². The Morgan fingerprint density at radius 2 is 1.90 bits per heavy atom. The van der Waals surface area contributed by atoms with Gasteiger partial charge in [0, 0.05) is 19.1 Å². The van der Waals surface area contributed by atoms with E-state index in [0.717, 1.165) is 38.7 Å². The van der Waals surface area contributed by atoms with Gasteiger partial charge in [0.25, 0.3) is 0 Å². The minimum Gasteiger partial charge on any atom is -0.374 e. The van der Waals surface area contributed by atoms with Gasteiger partial charge < -0.3 is 10.1 Å². The predicted molar refractivity (Wildman–Crippen MR) is 85.1 cm³/mol. The number of nitrogens with zero attached hydrogens (tertiary/aromatic N) is 1. The molecule has 0 bridgehead atoms. The number of morpholine rings is 1. The number of hydrogen-bond donors (Lipinski definition) is 1. The zero-order valence-corrected chi connectivity index (χ0v) is 13.6. The van der Waals surface area contributed by atoms with Crippen molar-refractivity contribution in [1.82, 2.24) is 10.2 Å². The van der Waals surface area contributed by atoms with Gasteiger partial charge >= 0.3 is 0 Å². The predicted octanol–water partition coefficient (Wildman–Crippen LogP) is 3.05. The summed E-state index contributed by atoms with van der Waals surface area (Å²) in [5, 5.41) is 3.83. The standard InChI is InChI=1S/C17H34N2O/c1-3-11-18-17(15-9-7-5-6-8-10-15)16-14-19(4-2)12-13-20-16/h15-18H,3-14H2,1-2H3. The van der Waals surface area contributed by atoms with Crippen LogP contribution in [0, 0.1) is 5.92 Å². The Balaban J connectivity index is 1.97. The highest BCUT2D eigenvalue weighted by Gasteiger charge is 2.33. The van der Waals surface area contributed by atoms with E-state index >= 15 is 0 Å². The lowest BCUT2D eigenvalue weighted by atomic mass is 9.87. The third-order valence-corrected chi connectivity index (χ3v) is 5.06. The first-order valence-electron chi connectivity index (χ1n) is 8.92. The smallest absolute Gasteiger partial charge is 0.0857 e. The number of nitrogens with one attached hydrogen (secondary N) is 1. The van der Waals surface area contributed by atoms with E-state index in [4.69, 9.17) is 4.74 Å². The van der Waals surface area contributed by atoms with E-state index in [9.17, 15) is 0 Å². The fourth-order valence-electron chi connectivity index (χ4n) is 3.82. The molecule has 1 N–H and O–H groups in total. The first-order chi connectivity index (χ1) is 9.85. The van der Waals surface area contributed by atoms with E-state index in [-0.39, 0.29) is 0 Å². The molecule has 0 spiro atoms. The second kappa shape index (κ2) is 9.01. The molecule has 0 amide bonds. The van der Waals surface area contributed by atoms with Gasteiger partial charge in [-0.15, -0.1) is 0 Å². The van der Waals surface area contributed by atoms with Crippen LogP contribution in [0.25, 0.3) is 0 Å². The molecule has 3 nitrogen and oxygen atoms in total. The van der Waals surface area contributed by atoms with E-state index in [0.29, 0.717) is 12.1 Å². The van der Waals surface area contributed by atoms with Crippen LogP contribution in [0.15, 0.2) is 0 Å². The van der Waals surface area contributed by atoms with E-state index in [2.05, 4.69) is 24.1 Å². The minimum atomic E-state index is 0.401. The van der Waals surface area contributed by atoms with Gasteiger partial charge in [-0.25, -0.2) is 0 Å². The molecular formula is C17H34N2O. The molecule has 2 rings (SSSR count). The summed E-state index contributed by atoms with van der Waals surface area (Å²) in [4.78, 5) is 2.55. The van der Waals surface area contributed by atoms with Gasteiger partial charge in [0.05, 0.1) is 12.7 Å². The van der Waals surface area contributed by atoms with Gasteiger partial charge in [-0.05, 0) is 38.3 Å². The van der Waals surface area contributed by atoms with Crippen molar-refractivity contribution in [2.24, 2.45) is 5.92 Å². The Morgan fingerprint density at radius 1 is 1.15 bits per heavy atom. The minimum absolute atomic E-state index is 0.401. The highest BCUT2D eigenvalue weighted by Crippen LogP contribution is 2.28. The molecule has 0 aromatic rings. The van der Waals surface area contributed by atoms with Crippen molar-refractivity contribution < 1.29 is 4.74 Å². The molecular weight excluding hydrogens is 248 g/mol. The van der Waals surface area contributed by atoms with Crippen molar-refractivity contribution in [1.29, 1.82) is 0 Å². The van der Waals surface area contributed by atoms with Crippen LogP contribution in [0.5, 0.6) is 0 Å². The molecule has 20 heavy (non-hydrogen) atoms. The lowest BCUT2D eigenvalue weighted by Crippen LogP contribution is -2.55. The summed E-state index contributed by atoms with van der Waals surface area (Å²) in [7, 11) is 0. The summed E-state index contributed by atoms with van der Waals surface area (Å²) in [5.41, 5.74) is 0. The van der Waals surface area contributed by atoms with Crippen molar-refractivity contribution in [3.8, 4) is 0 Å². The molecule has 118 valence electrons. The number of likely N-dealkylation sites (N-methyl/N-ethyl adjacent to an activating group) is 1. The maximum Gasteiger partial charge on any atom is 0.0857 e. The third kappa shape index (κ3) is 4.71. The maximum absolute atomic E-state index is 6.16. The highest BCUT2D eigenvalue weighted by molar-refractivity contribution is 4.88. The molecule has 2 aliphatic rings. The van der Waals surface area contributed by atoms with Crippen LogP contribution in [0.3, 0.4) is 0 Å².